The Balaban J connectivity index is 1.72. The van der Waals surface area contributed by atoms with E-state index in [2.05, 4.69) is 27.7 Å². The van der Waals surface area contributed by atoms with Gasteiger partial charge in [-0.15, -0.1) is 0 Å². The highest BCUT2D eigenvalue weighted by Crippen LogP contribution is 2.31. The predicted octanol–water partition coefficient (Wildman–Crippen LogP) is 2.73. The van der Waals surface area contributed by atoms with Gasteiger partial charge in [0.2, 0.25) is 0 Å². The van der Waals surface area contributed by atoms with Crippen LogP contribution in [-0.4, -0.2) is 71.0 Å². The van der Waals surface area contributed by atoms with Crippen LogP contribution in [0.15, 0.2) is 36.7 Å². The zero-order valence-electron chi connectivity index (χ0n) is 17.8. The van der Waals surface area contributed by atoms with Crippen LogP contribution < -0.4 is 0 Å². The van der Waals surface area contributed by atoms with Crippen LogP contribution in [0, 0.1) is 5.82 Å². The molecule has 1 aromatic carbocycles. The summed E-state index contributed by atoms with van der Waals surface area (Å²) >= 11 is 0. The van der Waals surface area contributed by atoms with E-state index in [9.17, 15) is 14.4 Å². The second-order valence-corrected chi connectivity index (χ2v) is 7.98. The molecule has 0 unspecified atom stereocenters. The number of nitrogens with zero attached hydrogens (tertiary/aromatic N) is 4. The number of likely N-dealkylation sites (N-methyl/N-ethyl adjacent to an activating group) is 1. The fraction of sp³-hybridized carbons (Fsp3) is 0.391. The standard InChI is InChI=1S/C23H27FN4O3/c1-26(11-12-31-2)9-7-17-15-27(14-16-3-5-18(24)6-4-16)20-13-25-22-19(21(17)20)8-10-28(30)23(22)29/h3-6,13,15,30H,7-12,14H2,1-2H3. The molecule has 3 aromatic rings. The lowest BCUT2D eigenvalue weighted by Crippen LogP contribution is -2.35. The van der Waals surface area contributed by atoms with Crippen molar-refractivity contribution in [2.75, 3.05) is 40.4 Å². The van der Waals surface area contributed by atoms with Crippen LogP contribution in [0.3, 0.4) is 0 Å². The van der Waals surface area contributed by atoms with Gasteiger partial charge in [-0.1, -0.05) is 12.1 Å². The Morgan fingerprint density at radius 3 is 2.77 bits per heavy atom. The number of ether oxygens (including phenoxy) is 1. The average Bonchev–Trinajstić information content (AvgIpc) is 3.12. The van der Waals surface area contributed by atoms with Crippen molar-refractivity contribution in [3.05, 3.63) is 64.9 Å². The van der Waals surface area contributed by atoms with Gasteiger partial charge in [0.05, 0.1) is 24.9 Å². The molecule has 164 valence electrons. The molecule has 0 saturated carbocycles. The average molecular weight is 426 g/mol. The van der Waals surface area contributed by atoms with E-state index in [0.29, 0.717) is 25.3 Å². The summed E-state index contributed by atoms with van der Waals surface area (Å²) in [7, 11) is 3.75. The van der Waals surface area contributed by atoms with Crippen molar-refractivity contribution in [3.8, 4) is 0 Å². The number of rotatable bonds is 8. The molecule has 1 N–H and O–H groups in total. The maximum atomic E-state index is 13.3. The van der Waals surface area contributed by atoms with Crippen molar-refractivity contribution in [3.63, 3.8) is 0 Å². The molecule has 4 rings (SSSR count). The number of hydroxylamine groups is 2. The third-order valence-electron chi connectivity index (χ3n) is 5.82. The Morgan fingerprint density at radius 1 is 1.26 bits per heavy atom. The molecule has 0 bridgehead atoms. The van der Waals surface area contributed by atoms with Gasteiger partial charge in [-0.25, -0.2) is 14.4 Å². The van der Waals surface area contributed by atoms with E-state index < -0.39 is 5.91 Å². The second-order valence-electron chi connectivity index (χ2n) is 7.98. The number of hydrogen-bond donors (Lipinski definition) is 1. The minimum absolute atomic E-state index is 0.253. The van der Waals surface area contributed by atoms with Gasteiger partial charge in [0.25, 0.3) is 5.91 Å². The molecule has 0 spiro atoms. The van der Waals surface area contributed by atoms with Gasteiger partial charge in [0.1, 0.15) is 11.5 Å². The minimum Gasteiger partial charge on any atom is -0.383 e. The molecule has 0 atom stereocenters. The molecule has 1 amide bonds. The van der Waals surface area contributed by atoms with Gasteiger partial charge in [0.15, 0.2) is 0 Å². The summed E-state index contributed by atoms with van der Waals surface area (Å²) in [5.74, 6) is -0.721. The quantitative estimate of drug-likeness (QED) is 0.561. The van der Waals surface area contributed by atoms with Gasteiger partial charge >= 0.3 is 0 Å². The predicted molar refractivity (Wildman–Crippen MR) is 115 cm³/mol. The van der Waals surface area contributed by atoms with E-state index in [1.165, 1.54) is 12.1 Å². The van der Waals surface area contributed by atoms with Crippen LogP contribution in [0.25, 0.3) is 10.9 Å². The zero-order chi connectivity index (χ0) is 22.0. The van der Waals surface area contributed by atoms with E-state index in [4.69, 9.17) is 4.74 Å². The molecule has 8 heteroatoms. The van der Waals surface area contributed by atoms with Crippen LogP contribution in [0.2, 0.25) is 0 Å². The first kappa shape index (κ1) is 21.4. The molecule has 1 aliphatic heterocycles. The van der Waals surface area contributed by atoms with E-state index in [1.54, 1.807) is 25.4 Å². The van der Waals surface area contributed by atoms with Crippen LogP contribution in [-0.2, 0) is 24.1 Å². The third-order valence-corrected chi connectivity index (χ3v) is 5.82. The topological polar surface area (TPSA) is 70.8 Å². The number of halogens is 1. The maximum Gasteiger partial charge on any atom is 0.296 e. The summed E-state index contributed by atoms with van der Waals surface area (Å²) in [6.45, 7) is 3.18. The lowest BCUT2D eigenvalue weighted by molar-refractivity contribution is -0.0606. The van der Waals surface area contributed by atoms with Gasteiger partial charge in [-0.3, -0.25) is 10.0 Å². The number of benzene rings is 1. The summed E-state index contributed by atoms with van der Waals surface area (Å²) in [5.41, 5.74) is 4.27. The molecule has 1 aliphatic rings. The molecule has 3 heterocycles. The van der Waals surface area contributed by atoms with E-state index in [-0.39, 0.29) is 12.4 Å². The van der Waals surface area contributed by atoms with Gasteiger partial charge in [0, 0.05) is 38.3 Å². The Kier molecular flexibility index (Phi) is 6.31. The number of hydrogen-bond acceptors (Lipinski definition) is 5. The number of carbonyl (C=O) groups excluding carboxylic acids is 1. The number of amides is 1. The van der Waals surface area contributed by atoms with Gasteiger partial charge < -0.3 is 14.2 Å². The number of carbonyl (C=O) groups is 1. The first-order valence-electron chi connectivity index (χ1n) is 10.4. The fourth-order valence-corrected chi connectivity index (χ4v) is 4.09. The lowest BCUT2D eigenvalue weighted by Gasteiger charge is -2.23. The summed E-state index contributed by atoms with van der Waals surface area (Å²) in [6.07, 6.45) is 5.17. The molecular weight excluding hydrogens is 399 g/mol. The number of pyridine rings is 1. The summed E-state index contributed by atoms with van der Waals surface area (Å²) in [5, 5.41) is 11.6. The highest BCUT2D eigenvalue weighted by Gasteiger charge is 2.28. The van der Waals surface area contributed by atoms with Gasteiger partial charge in [-0.05, 0) is 48.7 Å². The molecule has 31 heavy (non-hydrogen) atoms. The van der Waals surface area contributed by atoms with Crippen molar-refractivity contribution in [1.29, 1.82) is 0 Å². The van der Waals surface area contributed by atoms with Crippen LogP contribution in [0.5, 0.6) is 0 Å². The molecule has 7 nitrogen and oxygen atoms in total. The first-order valence-corrected chi connectivity index (χ1v) is 10.4. The van der Waals surface area contributed by atoms with Crippen molar-refractivity contribution in [2.45, 2.75) is 19.4 Å². The van der Waals surface area contributed by atoms with Crippen molar-refractivity contribution >= 4 is 16.8 Å². The second kappa shape index (κ2) is 9.13. The summed E-state index contributed by atoms with van der Waals surface area (Å²) < 4.78 is 20.6. The van der Waals surface area contributed by atoms with E-state index >= 15 is 0 Å². The van der Waals surface area contributed by atoms with Crippen molar-refractivity contribution < 1.29 is 19.1 Å². The number of aromatic nitrogens is 2. The number of fused-ring (bicyclic) bond motifs is 3. The Labute approximate surface area is 180 Å². The van der Waals surface area contributed by atoms with Crippen LogP contribution in [0.1, 0.15) is 27.2 Å². The monoisotopic (exact) mass is 426 g/mol. The van der Waals surface area contributed by atoms with E-state index in [1.807, 2.05) is 0 Å². The SMILES string of the molecule is COCCN(C)CCc1cn(Cc2ccc(F)cc2)c2cnc3c(c12)CCN(O)C3=O. The summed E-state index contributed by atoms with van der Waals surface area (Å²) in [6, 6.07) is 6.47. The van der Waals surface area contributed by atoms with Gasteiger partial charge in [-0.2, -0.15) is 0 Å². The molecule has 0 aliphatic carbocycles. The molecule has 0 radical (unpaired) electrons. The fourth-order valence-electron chi connectivity index (χ4n) is 4.09. The van der Waals surface area contributed by atoms with Crippen LogP contribution in [0.4, 0.5) is 4.39 Å². The lowest BCUT2D eigenvalue weighted by atomic mass is 9.98. The Hall–Kier alpha value is -2.81. The van der Waals surface area contributed by atoms with Crippen LogP contribution >= 0.6 is 0 Å². The smallest absolute Gasteiger partial charge is 0.296 e. The molecule has 2 aromatic heterocycles. The first-order chi connectivity index (χ1) is 15.0. The molecule has 0 fully saturated rings. The number of methoxy groups -OCH3 is 1. The van der Waals surface area contributed by atoms with Crippen molar-refractivity contribution in [1.82, 2.24) is 19.5 Å². The van der Waals surface area contributed by atoms with E-state index in [0.717, 1.165) is 52.2 Å². The zero-order valence-corrected chi connectivity index (χ0v) is 17.8. The Bertz CT molecular complexity index is 1080. The molecule has 0 saturated heterocycles. The molecular formula is C23H27FN4O3. The Morgan fingerprint density at radius 2 is 2.03 bits per heavy atom. The summed E-state index contributed by atoms with van der Waals surface area (Å²) in [4.78, 5) is 19.0. The minimum atomic E-state index is -0.461. The maximum absolute atomic E-state index is 13.3. The van der Waals surface area contributed by atoms with Crippen molar-refractivity contribution in [2.24, 2.45) is 0 Å². The largest absolute Gasteiger partial charge is 0.383 e. The third kappa shape index (κ3) is 4.46. The normalized spacial score (nSPS) is 14.0. The highest BCUT2D eigenvalue weighted by molar-refractivity contribution is 6.00. The highest BCUT2D eigenvalue weighted by atomic mass is 19.1.